The van der Waals surface area contributed by atoms with Gasteiger partial charge in [-0.1, -0.05) is 0 Å². The molecule has 1 unspecified atom stereocenters. The summed E-state index contributed by atoms with van der Waals surface area (Å²) in [7, 11) is 0. The molecular formula is C15H21N3O2S. The molecule has 0 saturated carbocycles. The minimum absolute atomic E-state index is 0.0420. The first-order valence-corrected chi connectivity index (χ1v) is 8.45. The van der Waals surface area contributed by atoms with Crippen molar-refractivity contribution in [2.45, 2.75) is 38.3 Å². The number of hydrogen-bond acceptors (Lipinski definition) is 4. The van der Waals surface area contributed by atoms with E-state index in [1.807, 2.05) is 0 Å². The minimum atomic E-state index is -0.360. The Kier molecular flexibility index (Phi) is 4.55. The molecule has 21 heavy (non-hydrogen) atoms. The van der Waals surface area contributed by atoms with Crippen LogP contribution in [0.25, 0.3) is 0 Å². The monoisotopic (exact) mass is 307 g/mol. The lowest BCUT2D eigenvalue weighted by Crippen LogP contribution is -2.49. The summed E-state index contributed by atoms with van der Waals surface area (Å²) in [4.78, 5) is 27.6. The lowest BCUT2D eigenvalue weighted by molar-refractivity contribution is -0.129. The molecule has 1 aromatic rings. The summed E-state index contributed by atoms with van der Waals surface area (Å²) in [6, 6.07) is 1.78. The van der Waals surface area contributed by atoms with Gasteiger partial charge >= 0.3 is 0 Å². The third-order valence-electron chi connectivity index (χ3n) is 4.12. The van der Waals surface area contributed by atoms with E-state index in [-0.39, 0.29) is 17.9 Å². The van der Waals surface area contributed by atoms with Crippen LogP contribution in [0.3, 0.4) is 0 Å². The second kappa shape index (κ2) is 6.58. The van der Waals surface area contributed by atoms with E-state index in [9.17, 15) is 9.59 Å². The third kappa shape index (κ3) is 3.63. The number of carbonyl (C=O) groups excluding carboxylic acids is 2. The highest BCUT2D eigenvalue weighted by molar-refractivity contribution is 7.10. The fourth-order valence-electron chi connectivity index (χ4n) is 2.96. The van der Waals surface area contributed by atoms with Crippen LogP contribution in [-0.2, 0) is 22.6 Å². The molecule has 0 bridgehead atoms. The Balaban J connectivity index is 1.51. The second-order valence-electron chi connectivity index (χ2n) is 5.74. The number of thiophene rings is 1. The molecule has 1 atom stereocenters. The van der Waals surface area contributed by atoms with Crippen LogP contribution in [0.4, 0.5) is 0 Å². The zero-order valence-corrected chi connectivity index (χ0v) is 12.9. The van der Waals surface area contributed by atoms with Crippen molar-refractivity contribution in [3.8, 4) is 0 Å². The summed E-state index contributed by atoms with van der Waals surface area (Å²) in [6.07, 6.45) is 3.73. The highest BCUT2D eigenvalue weighted by atomic mass is 32.1. The fraction of sp³-hybridized carbons (Fsp3) is 0.600. The van der Waals surface area contributed by atoms with Gasteiger partial charge in [0.05, 0.1) is 6.54 Å². The van der Waals surface area contributed by atoms with Crippen LogP contribution in [0.5, 0.6) is 0 Å². The quantitative estimate of drug-likeness (QED) is 0.872. The molecular weight excluding hydrogens is 286 g/mol. The van der Waals surface area contributed by atoms with E-state index in [2.05, 4.69) is 27.0 Å². The maximum absolute atomic E-state index is 12.2. The van der Waals surface area contributed by atoms with Gasteiger partial charge in [0.2, 0.25) is 11.8 Å². The van der Waals surface area contributed by atoms with Gasteiger partial charge in [0.15, 0.2) is 0 Å². The van der Waals surface area contributed by atoms with Crippen LogP contribution < -0.4 is 10.6 Å². The van der Waals surface area contributed by atoms with E-state index in [4.69, 9.17) is 0 Å². The van der Waals surface area contributed by atoms with Gasteiger partial charge in [0.1, 0.15) is 6.04 Å². The van der Waals surface area contributed by atoms with Crippen molar-refractivity contribution in [3.05, 3.63) is 21.9 Å². The van der Waals surface area contributed by atoms with Crippen LogP contribution in [0.2, 0.25) is 0 Å². The maximum Gasteiger partial charge on any atom is 0.242 e. The number of hydrogen-bond donors (Lipinski definition) is 2. The molecule has 2 aliphatic heterocycles. The van der Waals surface area contributed by atoms with Gasteiger partial charge in [-0.15, -0.1) is 11.3 Å². The molecule has 3 heterocycles. The van der Waals surface area contributed by atoms with Gasteiger partial charge < -0.3 is 10.6 Å². The predicted molar refractivity (Wildman–Crippen MR) is 82.1 cm³/mol. The van der Waals surface area contributed by atoms with Crippen molar-refractivity contribution < 1.29 is 9.59 Å². The molecule has 5 nitrogen and oxygen atoms in total. The number of carbonyl (C=O) groups is 2. The van der Waals surface area contributed by atoms with Crippen LogP contribution in [-0.4, -0.2) is 42.4 Å². The Bertz CT molecular complexity index is 529. The second-order valence-corrected chi connectivity index (χ2v) is 6.74. The Morgan fingerprint density at radius 3 is 3.29 bits per heavy atom. The van der Waals surface area contributed by atoms with Crippen LogP contribution >= 0.6 is 11.3 Å². The van der Waals surface area contributed by atoms with Gasteiger partial charge in [-0.3, -0.25) is 14.5 Å². The first kappa shape index (κ1) is 14.5. The fourth-order valence-corrected chi connectivity index (χ4v) is 3.85. The first-order chi connectivity index (χ1) is 10.2. The van der Waals surface area contributed by atoms with Crippen molar-refractivity contribution in [3.63, 3.8) is 0 Å². The van der Waals surface area contributed by atoms with Crippen molar-refractivity contribution in [1.82, 2.24) is 15.5 Å². The van der Waals surface area contributed by atoms with E-state index < -0.39 is 0 Å². The van der Waals surface area contributed by atoms with Crippen LogP contribution in [0.1, 0.15) is 29.7 Å². The van der Waals surface area contributed by atoms with E-state index >= 15 is 0 Å². The summed E-state index contributed by atoms with van der Waals surface area (Å²) in [6.45, 7) is 2.85. The van der Waals surface area contributed by atoms with Gasteiger partial charge in [-0.2, -0.15) is 0 Å². The molecule has 0 radical (unpaired) electrons. The molecule has 1 aromatic heterocycles. The topological polar surface area (TPSA) is 61.4 Å². The molecule has 0 spiro atoms. The maximum atomic E-state index is 12.2. The summed E-state index contributed by atoms with van der Waals surface area (Å²) in [5.41, 5.74) is 1.34. The van der Waals surface area contributed by atoms with Gasteiger partial charge in [0.25, 0.3) is 0 Å². The van der Waals surface area contributed by atoms with E-state index in [1.54, 1.807) is 11.3 Å². The molecule has 2 aliphatic rings. The van der Waals surface area contributed by atoms with Crippen LogP contribution in [0.15, 0.2) is 11.4 Å². The molecule has 114 valence electrons. The highest BCUT2D eigenvalue weighted by Gasteiger charge is 2.24. The minimum Gasteiger partial charge on any atom is -0.354 e. The number of rotatable bonds is 3. The first-order valence-electron chi connectivity index (χ1n) is 7.57. The van der Waals surface area contributed by atoms with Crippen molar-refractivity contribution in [1.29, 1.82) is 0 Å². The third-order valence-corrected chi connectivity index (χ3v) is 5.15. The summed E-state index contributed by atoms with van der Waals surface area (Å²) >= 11 is 1.80. The van der Waals surface area contributed by atoms with Gasteiger partial charge in [-0.05, 0) is 42.7 Å². The predicted octanol–water partition coefficient (Wildman–Crippen LogP) is 0.891. The Hall–Kier alpha value is -1.40. The van der Waals surface area contributed by atoms with E-state index in [0.29, 0.717) is 6.54 Å². The number of fused-ring (bicyclic) bond motifs is 1. The SMILES string of the molecule is O=C(CN1CCc2sccc2C1)NC1CCCCNC1=O. The number of nitrogens with one attached hydrogen (secondary N) is 2. The number of nitrogens with zero attached hydrogens (tertiary/aromatic N) is 1. The summed E-state index contributed by atoms with van der Waals surface area (Å²) < 4.78 is 0. The van der Waals surface area contributed by atoms with Crippen molar-refractivity contribution in [2.24, 2.45) is 0 Å². The summed E-state index contributed by atoms with van der Waals surface area (Å²) in [5, 5.41) is 7.85. The highest BCUT2D eigenvalue weighted by Crippen LogP contribution is 2.23. The van der Waals surface area contributed by atoms with Gasteiger partial charge in [-0.25, -0.2) is 0 Å². The molecule has 2 N–H and O–H groups in total. The Labute approximate surface area is 128 Å². The molecule has 1 saturated heterocycles. The Morgan fingerprint density at radius 2 is 2.38 bits per heavy atom. The average Bonchev–Trinajstić information content (AvgIpc) is 2.84. The van der Waals surface area contributed by atoms with E-state index in [1.165, 1.54) is 10.4 Å². The van der Waals surface area contributed by atoms with Gasteiger partial charge in [0, 0.05) is 24.5 Å². The standard InChI is InChI=1S/C15H21N3O2S/c19-14(17-12-3-1-2-6-16-15(12)20)10-18-7-4-13-11(9-18)5-8-21-13/h5,8,12H,1-4,6-7,9-10H2,(H,16,20)(H,17,19). The lowest BCUT2D eigenvalue weighted by atomic mass is 10.1. The molecule has 2 amide bonds. The van der Waals surface area contributed by atoms with Crippen LogP contribution in [0, 0.1) is 0 Å². The molecule has 0 aromatic carbocycles. The summed E-state index contributed by atoms with van der Waals surface area (Å²) in [5.74, 6) is -0.0876. The van der Waals surface area contributed by atoms with Crippen molar-refractivity contribution >= 4 is 23.2 Å². The molecule has 1 fully saturated rings. The van der Waals surface area contributed by atoms with Crippen molar-refractivity contribution in [2.75, 3.05) is 19.6 Å². The molecule has 0 aliphatic carbocycles. The smallest absolute Gasteiger partial charge is 0.242 e. The zero-order chi connectivity index (χ0) is 14.7. The number of amides is 2. The normalized spacial score (nSPS) is 23.0. The zero-order valence-electron chi connectivity index (χ0n) is 12.1. The largest absolute Gasteiger partial charge is 0.354 e. The molecule has 6 heteroatoms. The molecule has 3 rings (SSSR count). The lowest BCUT2D eigenvalue weighted by Gasteiger charge is -2.26. The Morgan fingerprint density at radius 1 is 1.48 bits per heavy atom. The van der Waals surface area contributed by atoms with E-state index in [0.717, 1.165) is 45.3 Å². The average molecular weight is 307 g/mol.